The molecule has 0 aliphatic carbocycles. The second kappa shape index (κ2) is 5.00. The van der Waals surface area contributed by atoms with E-state index in [0.717, 1.165) is 17.5 Å². The Balaban J connectivity index is 2.68. The lowest BCUT2D eigenvalue weighted by Crippen LogP contribution is -1.97. The Bertz CT molecular complexity index is 549. The third-order valence-electron chi connectivity index (χ3n) is 2.80. The van der Waals surface area contributed by atoms with E-state index in [-0.39, 0.29) is 5.88 Å². The average molecular weight is 248 g/mol. The average Bonchev–Trinajstić information content (AvgIpc) is 2.83. The van der Waals surface area contributed by atoms with E-state index < -0.39 is 0 Å². The minimum Gasteiger partial charge on any atom is -0.493 e. The number of hydrogen-bond acceptors (Lipinski definition) is 5. The molecule has 0 atom stereocenters. The molecule has 0 bridgehead atoms. The van der Waals surface area contributed by atoms with Gasteiger partial charge in [0, 0.05) is 6.07 Å². The summed E-state index contributed by atoms with van der Waals surface area (Å²) < 4.78 is 15.6. The molecular formula is C13H16N2O3. The number of methoxy groups -OCH3 is 2. The van der Waals surface area contributed by atoms with Gasteiger partial charge in [-0.3, -0.25) is 0 Å². The van der Waals surface area contributed by atoms with Crippen LogP contribution in [0.15, 0.2) is 22.7 Å². The van der Waals surface area contributed by atoms with Crippen LogP contribution in [0.2, 0.25) is 0 Å². The highest BCUT2D eigenvalue weighted by Crippen LogP contribution is 2.40. The second-order valence-electron chi connectivity index (χ2n) is 3.80. The monoisotopic (exact) mass is 248 g/mol. The first kappa shape index (κ1) is 12.3. The van der Waals surface area contributed by atoms with Crippen molar-refractivity contribution in [2.45, 2.75) is 13.3 Å². The van der Waals surface area contributed by atoms with Crippen molar-refractivity contribution in [3.63, 3.8) is 0 Å². The molecule has 1 heterocycles. The molecule has 0 aliphatic rings. The first-order valence-electron chi connectivity index (χ1n) is 5.67. The van der Waals surface area contributed by atoms with Gasteiger partial charge in [0.15, 0.2) is 11.5 Å². The molecule has 0 fully saturated rings. The fraction of sp³-hybridized carbons (Fsp3) is 0.308. The molecule has 0 radical (unpaired) electrons. The van der Waals surface area contributed by atoms with Gasteiger partial charge in [0.2, 0.25) is 5.88 Å². The Hall–Kier alpha value is -2.17. The quantitative estimate of drug-likeness (QED) is 0.900. The molecule has 0 amide bonds. The standard InChI is InChI=1S/C13H16N2O3/c1-4-8-5-6-10(16-2)13(17-3)12(8)9-7-11(14)18-15-9/h5-7H,4,14H2,1-3H3. The predicted octanol–water partition coefficient (Wildman–Crippen LogP) is 2.50. The van der Waals surface area contributed by atoms with Crippen LogP contribution < -0.4 is 15.2 Å². The van der Waals surface area contributed by atoms with Crippen LogP contribution in [0.1, 0.15) is 12.5 Å². The zero-order valence-corrected chi connectivity index (χ0v) is 10.7. The number of nitrogens with zero attached hydrogens (tertiary/aromatic N) is 1. The summed E-state index contributed by atoms with van der Waals surface area (Å²) in [6.45, 7) is 2.06. The molecule has 1 aromatic carbocycles. The maximum absolute atomic E-state index is 5.57. The van der Waals surface area contributed by atoms with Gasteiger partial charge in [-0.2, -0.15) is 0 Å². The largest absolute Gasteiger partial charge is 0.493 e. The van der Waals surface area contributed by atoms with Gasteiger partial charge in [-0.25, -0.2) is 0 Å². The third kappa shape index (κ3) is 1.99. The lowest BCUT2D eigenvalue weighted by Gasteiger charge is -2.14. The van der Waals surface area contributed by atoms with Gasteiger partial charge in [-0.15, -0.1) is 0 Å². The highest BCUT2D eigenvalue weighted by molar-refractivity contribution is 5.75. The third-order valence-corrected chi connectivity index (χ3v) is 2.80. The minimum atomic E-state index is 0.275. The highest BCUT2D eigenvalue weighted by atomic mass is 16.5. The fourth-order valence-corrected chi connectivity index (χ4v) is 1.95. The van der Waals surface area contributed by atoms with E-state index in [1.54, 1.807) is 20.3 Å². The smallest absolute Gasteiger partial charge is 0.222 e. The zero-order valence-electron chi connectivity index (χ0n) is 10.7. The van der Waals surface area contributed by atoms with Crippen molar-refractivity contribution in [1.82, 2.24) is 5.16 Å². The van der Waals surface area contributed by atoms with Gasteiger partial charge in [0.25, 0.3) is 0 Å². The summed E-state index contributed by atoms with van der Waals surface area (Å²) in [6, 6.07) is 5.54. The van der Waals surface area contributed by atoms with Crippen LogP contribution in [0.3, 0.4) is 0 Å². The molecule has 5 heteroatoms. The summed E-state index contributed by atoms with van der Waals surface area (Å²) in [5.41, 5.74) is 8.18. The SMILES string of the molecule is CCc1ccc(OC)c(OC)c1-c1cc(N)on1. The summed E-state index contributed by atoms with van der Waals surface area (Å²) in [5.74, 6) is 1.58. The van der Waals surface area contributed by atoms with Crippen molar-refractivity contribution in [2.75, 3.05) is 20.0 Å². The molecule has 2 N–H and O–H groups in total. The molecule has 1 aromatic heterocycles. The van der Waals surface area contributed by atoms with Gasteiger partial charge in [-0.05, 0) is 18.1 Å². The molecule has 5 nitrogen and oxygen atoms in total. The van der Waals surface area contributed by atoms with E-state index in [1.165, 1.54) is 0 Å². The van der Waals surface area contributed by atoms with Gasteiger partial charge >= 0.3 is 0 Å². The molecule has 2 aromatic rings. The van der Waals surface area contributed by atoms with E-state index >= 15 is 0 Å². The van der Waals surface area contributed by atoms with E-state index in [4.69, 9.17) is 19.7 Å². The van der Waals surface area contributed by atoms with Gasteiger partial charge in [-0.1, -0.05) is 18.1 Å². The van der Waals surface area contributed by atoms with Crippen LogP contribution in [0.25, 0.3) is 11.3 Å². The molecule has 18 heavy (non-hydrogen) atoms. The van der Waals surface area contributed by atoms with E-state index in [1.807, 2.05) is 12.1 Å². The number of rotatable bonds is 4. The number of benzene rings is 1. The van der Waals surface area contributed by atoms with Crippen molar-refractivity contribution >= 4 is 5.88 Å². The molecule has 0 unspecified atom stereocenters. The Morgan fingerprint density at radius 3 is 2.56 bits per heavy atom. The molecule has 0 spiro atoms. The lowest BCUT2D eigenvalue weighted by molar-refractivity contribution is 0.355. The van der Waals surface area contributed by atoms with Gasteiger partial charge < -0.3 is 19.7 Å². The number of hydrogen-bond donors (Lipinski definition) is 1. The minimum absolute atomic E-state index is 0.275. The van der Waals surface area contributed by atoms with Crippen molar-refractivity contribution < 1.29 is 14.0 Å². The normalized spacial score (nSPS) is 10.4. The summed E-state index contributed by atoms with van der Waals surface area (Å²) in [4.78, 5) is 0. The number of aromatic nitrogens is 1. The second-order valence-corrected chi connectivity index (χ2v) is 3.80. The number of nitrogen functional groups attached to an aromatic ring is 1. The van der Waals surface area contributed by atoms with Crippen molar-refractivity contribution in [3.8, 4) is 22.8 Å². The number of ether oxygens (including phenoxy) is 2. The van der Waals surface area contributed by atoms with Crippen molar-refractivity contribution in [2.24, 2.45) is 0 Å². The Morgan fingerprint density at radius 2 is 2.06 bits per heavy atom. The summed E-state index contributed by atoms with van der Waals surface area (Å²) in [6.07, 6.45) is 0.850. The summed E-state index contributed by atoms with van der Waals surface area (Å²) in [5, 5.41) is 3.94. The van der Waals surface area contributed by atoms with Crippen LogP contribution in [-0.2, 0) is 6.42 Å². The molecule has 2 rings (SSSR count). The fourth-order valence-electron chi connectivity index (χ4n) is 1.95. The Labute approximate surface area is 105 Å². The van der Waals surface area contributed by atoms with Crippen LogP contribution in [-0.4, -0.2) is 19.4 Å². The van der Waals surface area contributed by atoms with Gasteiger partial charge in [0.05, 0.1) is 19.8 Å². The molecule has 96 valence electrons. The summed E-state index contributed by atoms with van der Waals surface area (Å²) >= 11 is 0. The van der Waals surface area contributed by atoms with Crippen LogP contribution >= 0.6 is 0 Å². The number of anilines is 1. The molecule has 0 saturated carbocycles. The van der Waals surface area contributed by atoms with E-state index in [9.17, 15) is 0 Å². The molecule has 0 saturated heterocycles. The van der Waals surface area contributed by atoms with Crippen LogP contribution in [0.4, 0.5) is 5.88 Å². The van der Waals surface area contributed by atoms with Crippen LogP contribution in [0, 0.1) is 0 Å². The maximum atomic E-state index is 5.57. The Kier molecular flexibility index (Phi) is 3.41. The zero-order chi connectivity index (χ0) is 13.1. The van der Waals surface area contributed by atoms with E-state index in [0.29, 0.717) is 17.2 Å². The molecule has 0 aliphatic heterocycles. The maximum Gasteiger partial charge on any atom is 0.222 e. The van der Waals surface area contributed by atoms with Crippen molar-refractivity contribution in [1.29, 1.82) is 0 Å². The van der Waals surface area contributed by atoms with Crippen LogP contribution in [0.5, 0.6) is 11.5 Å². The lowest BCUT2D eigenvalue weighted by atomic mass is 10.0. The highest BCUT2D eigenvalue weighted by Gasteiger charge is 2.18. The number of aryl methyl sites for hydroxylation is 1. The van der Waals surface area contributed by atoms with Crippen molar-refractivity contribution in [3.05, 3.63) is 23.8 Å². The summed E-state index contributed by atoms with van der Waals surface area (Å²) in [7, 11) is 3.20. The topological polar surface area (TPSA) is 70.5 Å². The van der Waals surface area contributed by atoms with Gasteiger partial charge in [0.1, 0.15) is 5.69 Å². The molecular weight excluding hydrogens is 232 g/mol. The Morgan fingerprint density at radius 1 is 1.28 bits per heavy atom. The first-order valence-corrected chi connectivity index (χ1v) is 5.67. The number of nitrogens with two attached hydrogens (primary N) is 1. The van der Waals surface area contributed by atoms with E-state index in [2.05, 4.69) is 12.1 Å². The predicted molar refractivity (Wildman–Crippen MR) is 68.8 cm³/mol. The first-order chi connectivity index (χ1) is 8.71.